The molecule has 10 heteroatoms. The third-order valence-corrected chi connectivity index (χ3v) is 5.62. The summed E-state index contributed by atoms with van der Waals surface area (Å²) in [5, 5.41) is 1.64. The zero-order chi connectivity index (χ0) is 23.8. The highest BCUT2D eigenvalue weighted by Crippen LogP contribution is 2.46. The Bertz CT molecular complexity index is 1140. The second kappa shape index (κ2) is 9.01. The van der Waals surface area contributed by atoms with Crippen molar-refractivity contribution in [2.45, 2.75) is 26.6 Å². The van der Waals surface area contributed by atoms with E-state index in [0.29, 0.717) is 41.6 Å². The minimum atomic E-state index is -4.91. The van der Waals surface area contributed by atoms with Crippen LogP contribution in [-0.2, 0) is 11.2 Å². The number of hydrogen-bond acceptors (Lipinski definition) is 6. The molecule has 0 atom stereocenters. The molecule has 33 heavy (non-hydrogen) atoms. The minimum absolute atomic E-state index is 0.128. The van der Waals surface area contributed by atoms with Crippen LogP contribution in [0.5, 0.6) is 17.2 Å². The van der Waals surface area contributed by atoms with Gasteiger partial charge in [-0.05, 0) is 65.6 Å². The molecule has 6 nitrogen and oxygen atoms in total. The largest absolute Gasteiger partial charge is 0.573 e. The average molecular weight is 479 g/mol. The normalized spacial score (nSPS) is 17.0. The predicted molar refractivity (Wildman–Crippen MR) is 117 cm³/mol. The number of carbonyl (C=O) groups excluding carboxylic acids is 2. The average Bonchev–Trinajstić information content (AvgIpc) is 3.03. The summed E-state index contributed by atoms with van der Waals surface area (Å²) in [4.78, 5) is 23.5. The van der Waals surface area contributed by atoms with Crippen LogP contribution in [0.2, 0.25) is 0 Å². The number of carbonyl (C=O) groups is 2. The fraction of sp³-hybridized carbons (Fsp3) is 0.304. The summed E-state index contributed by atoms with van der Waals surface area (Å²) in [5.74, 6) is 0.108. The van der Waals surface area contributed by atoms with Gasteiger partial charge >= 0.3 is 6.36 Å². The molecule has 0 bridgehead atoms. The van der Waals surface area contributed by atoms with Gasteiger partial charge in [-0.15, -0.1) is 13.2 Å². The van der Waals surface area contributed by atoms with E-state index in [2.05, 4.69) is 10.1 Å². The Labute approximate surface area is 192 Å². The molecule has 0 radical (unpaired) electrons. The summed E-state index contributed by atoms with van der Waals surface area (Å²) in [5.41, 5.74) is 1.82. The fourth-order valence-electron chi connectivity index (χ4n) is 3.63. The van der Waals surface area contributed by atoms with Gasteiger partial charge in [0.25, 0.3) is 11.1 Å². The van der Waals surface area contributed by atoms with Crippen LogP contribution in [0.3, 0.4) is 0 Å². The Kier molecular flexibility index (Phi) is 6.29. The van der Waals surface area contributed by atoms with E-state index in [1.165, 1.54) is 24.3 Å². The van der Waals surface area contributed by atoms with Gasteiger partial charge < -0.3 is 14.2 Å². The molecule has 0 aromatic heterocycles. The van der Waals surface area contributed by atoms with Gasteiger partial charge in [-0.25, -0.2) is 0 Å². The van der Waals surface area contributed by atoms with E-state index < -0.39 is 23.3 Å². The Morgan fingerprint density at radius 3 is 2.55 bits per heavy atom. The molecule has 4 rings (SSSR count). The lowest BCUT2D eigenvalue weighted by molar-refractivity contribution is -0.274. The molecular weight excluding hydrogens is 459 g/mol. The molecule has 1 saturated heterocycles. The number of amides is 2. The van der Waals surface area contributed by atoms with Gasteiger partial charge in [-0.2, -0.15) is 0 Å². The monoisotopic (exact) mass is 479 g/mol. The smallest absolute Gasteiger partial charge is 0.486 e. The van der Waals surface area contributed by atoms with Crippen molar-refractivity contribution >= 4 is 29.0 Å². The fourth-order valence-corrected chi connectivity index (χ4v) is 4.32. The number of alkyl halides is 3. The highest BCUT2D eigenvalue weighted by atomic mass is 32.2. The molecule has 2 aliphatic rings. The lowest BCUT2D eigenvalue weighted by Crippen LogP contribution is -2.19. The molecule has 2 aromatic rings. The van der Waals surface area contributed by atoms with Crippen LogP contribution < -0.4 is 19.5 Å². The lowest BCUT2D eigenvalue weighted by atomic mass is 9.94. The molecule has 0 aliphatic carbocycles. The molecule has 2 aromatic carbocycles. The molecule has 1 fully saturated rings. The van der Waals surface area contributed by atoms with Crippen molar-refractivity contribution in [1.29, 1.82) is 0 Å². The highest BCUT2D eigenvalue weighted by molar-refractivity contribution is 8.18. The highest BCUT2D eigenvalue weighted by Gasteiger charge is 2.33. The zero-order valence-electron chi connectivity index (χ0n) is 17.7. The van der Waals surface area contributed by atoms with Crippen molar-refractivity contribution in [1.82, 2.24) is 5.32 Å². The van der Waals surface area contributed by atoms with E-state index in [0.717, 1.165) is 17.3 Å². The summed E-state index contributed by atoms with van der Waals surface area (Å²) >= 11 is 0.722. The van der Waals surface area contributed by atoms with Gasteiger partial charge in [0.05, 0.1) is 4.91 Å². The lowest BCUT2D eigenvalue weighted by Gasteiger charge is -2.24. The zero-order valence-corrected chi connectivity index (χ0v) is 18.6. The maximum absolute atomic E-state index is 13.2. The van der Waals surface area contributed by atoms with Gasteiger partial charge in [0.15, 0.2) is 11.5 Å². The molecule has 0 saturated carbocycles. The van der Waals surface area contributed by atoms with Crippen LogP contribution in [0, 0.1) is 5.92 Å². The van der Waals surface area contributed by atoms with Crippen LogP contribution in [0.25, 0.3) is 17.2 Å². The summed E-state index contributed by atoms with van der Waals surface area (Å²) < 4.78 is 55.3. The second-order valence-corrected chi connectivity index (χ2v) is 8.94. The molecule has 2 amide bonds. The van der Waals surface area contributed by atoms with Crippen molar-refractivity contribution in [2.24, 2.45) is 5.92 Å². The van der Waals surface area contributed by atoms with Gasteiger partial charge in [-0.1, -0.05) is 19.9 Å². The van der Waals surface area contributed by atoms with Crippen LogP contribution in [0.15, 0.2) is 35.2 Å². The second-order valence-electron chi connectivity index (χ2n) is 7.92. The topological polar surface area (TPSA) is 73.9 Å². The number of hydrogen-bond donors (Lipinski definition) is 1. The van der Waals surface area contributed by atoms with E-state index in [-0.39, 0.29) is 17.1 Å². The minimum Gasteiger partial charge on any atom is -0.486 e. The Hall–Kier alpha value is -3.14. The van der Waals surface area contributed by atoms with Gasteiger partial charge in [0.1, 0.15) is 19.0 Å². The number of thioether (sulfide) groups is 1. The number of rotatable bonds is 5. The number of fused-ring (bicyclic) bond motifs is 1. The first-order valence-corrected chi connectivity index (χ1v) is 11.0. The summed E-state index contributed by atoms with van der Waals surface area (Å²) in [6.45, 7) is 4.65. The maximum atomic E-state index is 13.2. The van der Waals surface area contributed by atoms with E-state index in [9.17, 15) is 22.8 Å². The van der Waals surface area contributed by atoms with Crippen molar-refractivity contribution in [3.63, 3.8) is 0 Å². The standard InChI is InChI=1S/C23H20F3NO5S/c1-12(2)7-14-9-16(20-18(10-14)30-5-6-31-20)15-8-13(3-4-17(15)32-23(24,25)26)11-19-21(28)27-22(29)33-19/h3-4,8-12H,5-7H2,1-2H3,(H,27,28,29)/b19-11-. The first-order valence-electron chi connectivity index (χ1n) is 10.2. The summed E-state index contributed by atoms with van der Waals surface area (Å²) in [6.07, 6.45) is -2.79. The molecule has 2 heterocycles. The maximum Gasteiger partial charge on any atom is 0.573 e. The van der Waals surface area contributed by atoms with Crippen LogP contribution >= 0.6 is 11.8 Å². The number of imide groups is 1. The molecular formula is C23H20F3NO5S. The summed E-state index contributed by atoms with van der Waals surface area (Å²) in [6, 6.07) is 7.63. The molecule has 0 spiro atoms. The quantitative estimate of drug-likeness (QED) is 0.568. The van der Waals surface area contributed by atoms with Crippen molar-refractivity contribution in [2.75, 3.05) is 13.2 Å². The van der Waals surface area contributed by atoms with E-state index in [4.69, 9.17) is 9.47 Å². The van der Waals surface area contributed by atoms with Gasteiger partial charge in [-0.3, -0.25) is 14.9 Å². The third kappa shape index (κ3) is 5.44. The molecule has 1 N–H and O–H groups in total. The first-order chi connectivity index (χ1) is 15.6. The van der Waals surface area contributed by atoms with Crippen LogP contribution in [0.4, 0.5) is 18.0 Å². The van der Waals surface area contributed by atoms with E-state index in [1.54, 1.807) is 6.07 Å². The Balaban J connectivity index is 1.88. The SMILES string of the molecule is CC(C)Cc1cc2c(c(-c3cc(/C=C4\SC(=O)NC4=O)ccc3OC(F)(F)F)c1)OCCO2. The van der Waals surface area contributed by atoms with E-state index >= 15 is 0 Å². The number of benzene rings is 2. The number of halogens is 3. The van der Waals surface area contributed by atoms with Crippen molar-refractivity contribution in [3.05, 3.63) is 46.4 Å². The number of ether oxygens (including phenoxy) is 3. The van der Waals surface area contributed by atoms with E-state index in [1.807, 2.05) is 19.9 Å². The molecule has 174 valence electrons. The van der Waals surface area contributed by atoms with Crippen molar-refractivity contribution < 1.29 is 37.0 Å². The Morgan fingerprint density at radius 1 is 1.12 bits per heavy atom. The summed E-state index contributed by atoms with van der Waals surface area (Å²) in [7, 11) is 0. The first kappa shape index (κ1) is 23.0. The molecule has 0 unspecified atom stereocenters. The predicted octanol–water partition coefficient (Wildman–Crippen LogP) is 5.55. The van der Waals surface area contributed by atoms with Gasteiger partial charge in [0.2, 0.25) is 0 Å². The molecule has 2 aliphatic heterocycles. The third-order valence-electron chi connectivity index (χ3n) is 4.81. The Morgan fingerprint density at radius 2 is 1.88 bits per heavy atom. The van der Waals surface area contributed by atoms with Crippen LogP contribution in [0.1, 0.15) is 25.0 Å². The van der Waals surface area contributed by atoms with Gasteiger partial charge in [0, 0.05) is 11.1 Å². The number of nitrogens with one attached hydrogen (secondary N) is 1. The van der Waals surface area contributed by atoms with Crippen molar-refractivity contribution in [3.8, 4) is 28.4 Å². The van der Waals surface area contributed by atoms with Crippen LogP contribution in [-0.4, -0.2) is 30.7 Å².